The Balaban J connectivity index is 2.75. The van der Waals surface area contributed by atoms with Gasteiger partial charge in [-0.2, -0.15) is 5.10 Å². The first-order chi connectivity index (χ1) is 6.02. The number of ether oxygens (including phenoxy) is 1. The first kappa shape index (κ1) is 9.44. The molecule has 1 aromatic rings. The van der Waals surface area contributed by atoms with Gasteiger partial charge in [0.15, 0.2) is 0 Å². The topological polar surface area (TPSA) is 72.3 Å². The van der Waals surface area contributed by atoms with Crippen LogP contribution in [0.15, 0.2) is 18.3 Å². The van der Waals surface area contributed by atoms with Crippen molar-refractivity contribution in [1.29, 1.82) is 0 Å². The van der Waals surface area contributed by atoms with Gasteiger partial charge < -0.3 is 9.84 Å². The van der Waals surface area contributed by atoms with Gasteiger partial charge in [0, 0.05) is 12.3 Å². The standard InChI is InChI=1S/C8H10N2O3/c1-8(2,7(11)12)13-6-4-3-5-9-10-6/h3-5H,1-2H3,(H,11,12). The minimum atomic E-state index is -1.28. The molecular weight excluding hydrogens is 172 g/mol. The van der Waals surface area contributed by atoms with Crippen molar-refractivity contribution < 1.29 is 14.6 Å². The van der Waals surface area contributed by atoms with Gasteiger partial charge in [-0.3, -0.25) is 0 Å². The first-order valence-corrected chi connectivity index (χ1v) is 3.72. The smallest absolute Gasteiger partial charge is 0.347 e. The molecule has 5 nitrogen and oxygen atoms in total. The van der Waals surface area contributed by atoms with Crippen LogP contribution in [0.4, 0.5) is 0 Å². The van der Waals surface area contributed by atoms with E-state index in [1.165, 1.54) is 20.0 Å². The van der Waals surface area contributed by atoms with Crippen molar-refractivity contribution >= 4 is 5.97 Å². The Morgan fingerprint density at radius 1 is 1.62 bits per heavy atom. The van der Waals surface area contributed by atoms with Gasteiger partial charge in [-0.1, -0.05) is 0 Å². The van der Waals surface area contributed by atoms with Crippen LogP contribution in [0.3, 0.4) is 0 Å². The van der Waals surface area contributed by atoms with Gasteiger partial charge in [0.05, 0.1) is 0 Å². The zero-order valence-corrected chi connectivity index (χ0v) is 7.39. The molecule has 0 unspecified atom stereocenters. The molecule has 13 heavy (non-hydrogen) atoms. The molecule has 0 aromatic carbocycles. The van der Waals surface area contributed by atoms with Crippen LogP contribution >= 0.6 is 0 Å². The molecule has 0 radical (unpaired) electrons. The summed E-state index contributed by atoms with van der Waals surface area (Å²) in [6, 6.07) is 3.18. The van der Waals surface area contributed by atoms with E-state index in [0.717, 1.165) is 0 Å². The van der Waals surface area contributed by atoms with Crippen molar-refractivity contribution in [3.05, 3.63) is 18.3 Å². The second-order valence-corrected chi connectivity index (χ2v) is 2.98. The molecule has 1 rings (SSSR count). The van der Waals surface area contributed by atoms with Crippen LogP contribution in [0.5, 0.6) is 5.88 Å². The van der Waals surface area contributed by atoms with Crippen molar-refractivity contribution in [3.8, 4) is 5.88 Å². The molecule has 0 aliphatic carbocycles. The molecule has 0 saturated carbocycles. The van der Waals surface area contributed by atoms with E-state index in [1.54, 1.807) is 12.1 Å². The third-order valence-electron chi connectivity index (χ3n) is 1.42. The lowest BCUT2D eigenvalue weighted by molar-refractivity contribution is -0.152. The molecule has 5 heteroatoms. The van der Waals surface area contributed by atoms with Crippen molar-refractivity contribution in [2.75, 3.05) is 0 Å². The second-order valence-electron chi connectivity index (χ2n) is 2.98. The molecule has 70 valence electrons. The molecular formula is C8H10N2O3. The fourth-order valence-corrected chi connectivity index (χ4v) is 0.647. The molecule has 0 aliphatic heterocycles. The number of hydrogen-bond donors (Lipinski definition) is 1. The molecule has 0 saturated heterocycles. The minimum Gasteiger partial charge on any atom is -0.478 e. The number of rotatable bonds is 3. The van der Waals surface area contributed by atoms with Gasteiger partial charge in [-0.25, -0.2) is 4.79 Å². The molecule has 0 atom stereocenters. The minimum absolute atomic E-state index is 0.204. The summed E-state index contributed by atoms with van der Waals surface area (Å²) in [5.74, 6) is -0.840. The molecule has 0 aliphatic rings. The van der Waals surface area contributed by atoms with E-state index in [2.05, 4.69) is 10.2 Å². The monoisotopic (exact) mass is 182 g/mol. The van der Waals surface area contributed by atoms with E-state index in [0.29, 0.717) is 0 Å². The van der Waals surface area contributed by atoms with Gasteiger partial charge in [-0.15, -0.1) is 5.10 Å². The fourth-order valence-electron chi connectivity index (χ4n) is 0.647. The summed E-state index contributed by atoms with van der Waals surface area (Å²) in [4.78, 5) is 10.7. The normalized spacial score (nSPS) is 10.9. The lowest BCUT2D eigenvalue weighted by Crippen LogP contribution is -2.38. The summed E-state index contributed by atoms with van der Waals surface area (Å²) >= 11 is 0. The molecule has 0 fully saturated rings. The van der Waals surface area contributed by atoms with E-state index in [4.69, 9.17) is 9.84 Å². The lowest BCUT2D eigenvalue weighted by Gasteiger charge is -2.19. The second kappa shape index (κ2) is 3.38. The van der Waals surface area contributed by atoms with E-state index in [-0.39, 0.29) is 5.88 Å². The van der Waals surface area contributed by atoms with Crippen LogP contribution in [0.2, 0.25) is 0 Å². The molecule has 0 bridgehead atoms. The molecule has 1 aromatic heterocycles. The Morgan fingerprint density at radius 3 is 2.77 bits per heavy atom. The maximum absolute atomic E-state index is 10.7. The van der Waals surface area contributed by atoms with Crippen molar-refractivity contribution in [3.63, 3.8) is 0 Å². The number of carboxylic acid groups (broad SMARTS) is 1. The highest BCUT2D eigenvalue weighted by Gasteiger charge is 2.29. The summed E-state index contributed by atoms with van der Waals surface area (Å²) in [5, 5.41) is 15.9. The predicted molar refractivity (Wildman–Crippen MR) is 44.4 cm³/mol. The maximum Gasteiger partial charge on any atom is 0.347 e. The van der Waals surface area contributed by atoms with Crippen LogP contribution in [0.25, 0.3) is 0 Å². The number of carboxylic acids is 1. The molecule has 0 spiro atoms. The number of nitrogens with zero attached hydrogens (tertiary/aromatic N) is 2. The molecule has 1 N–H and O–H groups in total. The van der Waals surface area contributed by atoms with Crippen molar-refractivity contribution in [2.45, 2.75) is 19.4 Å². The Morgan fingerprint density at radius 2 is 2.31 bits per heavy atom. The van der Waals surface area contributed by atoms with Crippen molar-refractivity contribution in [2.24, 2.45) is 0 Å². The molecule has 1 heterocycles. The molecule has 0 amide bonds. The van der Waals surface area contributed by atoms with Gasteiger partial charge >= 0.3 is 5.97 Å². The Labute approximate surface area is 75.4 Å². The summed E-state index contributed by atoms with van der Waals surface area (Å²) in [5.41, 5.74) is -1.28. The zero-order chi connectivity index (χ0) is 9.90. The van der Waals surface area contributed by atoms with E-state index < -0.39 is 11.6 Å². The van der Waals surface area contributed by atoms with Crippen LogP contribution in [0, 0.1) is 0 Å². The third kappa shape index (κ3) is 2.40. The van der Waals surface area contributed by atoms with Crippen LogP contribution in [-0.4, -0.2) is 26.9 Å². The first-order valence-electron chi connectivity index (χ1n) is 3.72. The highest BCUT2D eigenvalue weighted by Crippen LogP contribution is 2.13. The maximum atomic E-state index is 10.7. The van der Waals surface area contributed by atoms with Gasteiger partial charge in [0.25, 0.3) is 0 Å². The zero-order valence-electron chi connectivity index (χ0n) is 7.39. The van der Waals surface area contributed by atoms with Gasteiger partial charge in [0.1, 0.15) is 0 Å². The number of aromatic nitrogens is 2. The number of aliphatic carboxylic acids is 1. The highest BCUT2D eigenvalue weighted by molar-refractivity contribution is 5.76. The summed E-state index contributed by atoms with van der Waals surface area (Å²) < 4.78 is 5.09. The van der Waals surface area contributed by atoms with Crippen molar-refractivity contribution in [1.82, 2.24) is 10.2 Å². The van der Waals surface area contributed by atoms with Crippen LogP contribution in [-0.2, 0) is 4.79 Å². The van der Waals surface area contributed by atoms with Gasteiger partial charge in [-0.05, 0) is 19.9 Å². The Bertz CT molecular complexity index is 298. The average molecular weight is 182 g/mol. The summed E-state index contributed by atoms with van der Waals surface area (Å²) in [7, 11) is 0. The van der Waals surface area contributed by atoms with E-state index >= 15 is 0 Å². The highest BCUT2D eigenvalue weighted by atomic mass is 16.5. The average Bonchev–Trinajstić information content (AvgIpc) is 2.05. The summed E-state index contributed by atoms with van der Waals surface area (Å²) in [6.07, 6.45) is 1.49. The van der Waals surface area contributed by atoms with E-state index in [1.807, 2.05) is 0 Å². The van der Waals surface area contributed by atoms with Crippen LogP contribution in [0.1, 0.15) is 13.8 Å². The lowest BCUT2D eigenvalue weighted by atomic mass is 10.1. The fraction of sp³-hybridized carbons (Fsp3) is 0.375. The quantitative estimate of drug-likeness (QED) is 0.745. The third-order valence-corrected chi connectivity index (χ3v) is 1.42. The van der Waals surface area contributed by atoms with Gasteiger partial charge in [0.2, 0.25) is 11.5 Å². The SMILES string of the molecule is CC(C)(Oc1cccnn1)C(=O)O. The number of hydrogen-bond acceptors (Lipinski definition) is 4. The number of carbonyl (C=O) groups is 1. The van der Waals surface area contributed by atoms with Crippen LogP contribution < -0.4 is 4.74 Å². The summed E-state index contributed by atoms with van der Waals surface area (Å²) in [6.45, 7) is 2.90. The Hall–Kier alpha value is -1.65. The van der Waals surface area contributed by atoms with E-state index in [9.17, 15) is 4.79 Å². The predicted octanol–water partition coefficient (Wildman–Crippen LogP) is 0.719. The largest absolute Gasteiger partial charge is 0.478 e. The Kier molecular flexibility index (Phi) is 2.46.